The molecule has 2 aliphatic heterocycles. The summed E-state index contributed by atoms with van der Waals surface area (Å²) < 4.78 is 0. The Labute approximate surface area is 178 Å². The van der Waals surface area contributed by atoms with Crippen molar-refractivity contribution >= 4 is 28.2 Å². The Bertz CT molecular complexity index is 1270. The molecular weight excluding hydrogens is 392 g/mol. The second-order valence-electron chi connectivity index (χ2n) is 7.67. The lowest BCUT2D eigenvalue weighted by atomic mass is 10.1. The number of carbonyl (C=O) groups is 1. The molecule has 5 rings (SSSR count). The Morgan fingerprint density at radius 3 is 2.71 bits per heavy atom. The largest absolute Gasteiger partial charge is 0.353 e. The third-order valence-electron chi connectivity index (χ3n) is 5.28. The third kappa shape index (κ3) is 3.96. The predicted octanol–water partition coefficient (Wildman–Crippen LogP) is 0.771. The fraction of sp³-hybridized carbons (Fsp3) is 0.182. The highest BCUT2D eigenvalue weighted by atomic mass is 16.1. The molecule has 0 radical (unpaired) electrons. The van der Waals surface area contributed by atoms with Crippen molar-refractivity contribution < 1.29 is 4.79 Å². The van der Waals surface area contributed by atoms with Crippen LogP contribution < -0.4 is 27.1 Å². The van der Waals surface area contributed by atoms with E-state index in [0.29, 0.717) is 11.1 Å². The lowest BCUT2D eigenvalue weighted by molar-refractivity contribution is 0.0998. The number of nitrogens with one attached hydrogen (secondary N) is 2. The van der Waals surface area contributed by atoms with E-state index in [2.05, 4.69) is 25.9 Å². The van der Waals surface area contributed by atoms with Gasteiger partial charge in [0.25, 0.3) is 5.91 Å². The molecule has 3 aromatic rings. The van der Waals surface area contributed by atoms with Crippen LogP contribution in [0.5, 0.6) is 0 Å². The van der Waals surface area contributed by atoms with Gasteiger partial charge in [0, 0.05) is 55.9 Å². The van der Waals surface area contributed by atoms with Crippen LogP contribution in [0.4, 0.5) is 5.82 Å². The molecule has 4 heterocycles. The van der Waals surface area contributed by atoms with E-state index in [1.54, 1.807) is 24.5 Å². The zero-order chi connectivity index (χ0) is 21.4. The van der Waals surface area contributed by atoms with Crippen LogP contribution in [-0.2, 0) is 0 Å². The monoisotopic (exact) mass is 414 g/mol. The Hall–Kier alpha value is -3.82. The lowest BCUT2D eigenvalue weighted by Crippen LogP contribution is -2.56. The molecule has 9 nitrogen and oxygen atoms in total. The summed E-state index contributed by atoms with van der Waals surface area (Å²) in [5.41, 5.74) is 14.7. The first-order valence-corrected chi connectivity index (χ1v) is 9.98. The van der Waals surface area contributed by atoms with Crippen LogP contribution >= 0.6 is 0 Å². The molecule has 1 aromatic carbocycles. The van der Waals surface area contributed by atoms with Crippen LogP contribution in [0.2, 0.25) is 0 Å². The molecule has 1 amide bonds. The minimum atomic E-state index is -0.359. The average molecular weight is 414 g/mol. The molecule has 0 bridgehead atoms. The van der Waals surface area contributed by atoms with Gasteiger partial charge in [0.15, 0.2) is 5.49 Å². The number of carbonyl (C=O) groups excluding carboxylic acids is 1. The van der Waals surface area contributed by atoms with E-state index in [1.165, 1.54) is 0 Å². The van der Waals surface area contributed by atoms with E-state index in [4.69, 9.17) is 5.73 Å². The fourth-order valence-electron chi connectivity index (χ4n) is 3.60. The van der Waals surface area contributed by atoms with E-state index < -0.39 is 0 Å². The van der Waals surface area contributed by atoms with Crippen molar-refractivity contribution in [2.24, 2.45) is 10.7 Å². The summed E-state index contributed by atoms with van der Waals surface area (Å²) in [6.07, 6.45) is 5.24. The van der Waals surface area contributed by atoms with Gasteiger partial charge in [-0.1, -0.05) is 12.1 Å². The molecule has 1 saturated heterocycles. The van der Waals surface area contributed by atoms with Crippen molar-refractivity contribution in [1.29, 1.82) is 0 Å². The number of benzene rings is 1. The van der Waals surface area contributed by atoms with Gasteiger partial charge >= 0.3 is 0 Å². The molecule has 2 aromatic heterocycles. The molecule has 9 heteroatoms. The molecule has 156 valence electrons. The number of hydrogen-bond donors (Lipinski definition) is 3. The number of anilines is 1. The number of fused-ring (bicyclic) bond motifs is 1. The number of amides is 1. The average Bonchev–Trinajstić information content (AvgIpc) is 3.08. The van der Waals surface area contributed by atoms with Crippen LogP contribution in [0.1, 0.15) is 15.9 Å². The number of aromatic nitrogens is 2. The van der Waals surface area contributed by atoms with Gasteiger partial charge in [-0.3, -0.25) is 9.80 Å². The van der Waals surface area contributed by atoms with Crippen LogP contribution in [0.15, 0.2) is 66.1 Å². The SMILES string of the molecule is CN1C=C(c2ccc3ccnc(=NC(=O)c4ccnc(N5CC(N)C5)c4)cc3c2)NN1. The summed E-state index contributed by atoms with van der Waals surface area (Å²) in [4.78, 5) is 27.7. The van der Waals surface area contributed by atoms with Crippen molar-refractivity contribution in [1.82, 2.24) is 25.9 Å². The molecule has 0 spiro atoms. The first-order chi connectivity index (χ1) is 15.0. The Morgan fingerprint density at radius 1 is 1.10 bits per heavy atom. The number of hydrogen-bond acceptors (Lipinski definition) is 8. The van der Waals surface area contributed by atoms with Crippen molar-refractivity contribution in [2.45, 2.75) is 6.04 Å². The van der Waals surface area contributed by atoms with E-state index in [-0.39, 0.29) is 11.9 Å². The second-order valence-corrected chi connectivity index (χ2v) is 7.67. The van der Waals surface area contributed by atoms with Crippen molar-refractivity contribution in [2.75, 3.05) is 25.0 Å². The van der Waals surface area contributed by atoms with E-state index in [1.807, 2.05) is 53.5 Å². The smallest absolute Gasteiger partial charge is 0.279 e. The van der Waals surface area contributed by atoms with Gasteiger partial charge in [-0.2, -0.15) is 4.99 Å². The molecule has 0 saturated carbocycles. The molecule has 4 N–H and O–H groups in total. The quantitative estimate of drug-likeness (QED) is 0.576. The van der Waals surface area contributed by atoms with E-state index in [9.17, 15) is 4.79 Å². The summed E-state index contributed by atoms with van der Waals surface area (Å²) in [6.45, 7) is 1.48. The summed E-state index contributed by atoms with van der Waals surface area (Å²) >= 11 is 0. The van der Waals surface area contributed by atoms with Gasteiger partial charge in [0.2, 0.25) is 0 Å². The zero-order valence-electron chi connectivity index (χ0n) is 17.0. The number of hydrazine groups is 2. The third-order valence-corrected chi connectivity index (χ3v) is 5.28. The maximum absolute atomic E-state index is 12.8. The number of nitrogens with zero attached hydrogens (tertiary/aromatic N) is 5. The molecule has 1 fully saturated rings. The Balaban J connectivity index is 1.48. The van der Waals surface area contributed by atoms with Gasteiger partial charge < -0.3 is 16.1 Å². The second kappa shape index (κ2) is 7.78. The zero-order valence-corrected chi connectivity index (χ0v) is 17.0. The van der Waals surface area contributed by atoms with Gasteiger partial charge in [0.05, 0.1) is 5.70 Å². The minimum Gasteiger partial charge on any atom is -0.353 e. The summed E-state index contributed by atoms with van der Waals surface area (Å²) in [6, 6.07) is 13.4. The Morgan fingerprint density at radius 2 is 1.94 bits per heavy atom. The van der Waals surface area contributed by atoms with E-state index >= 15 is 0 Å². The summed E-state index contributed by atoms with van der Waals surface area (Å²) in [5.74, 6) is 0.378. The molecular formula is C22H22N8O. The van der Waals surface area contributed by atoms with Crippen molar-refractivity contribution in [3.63, 3.8) is 0 Å². The topological polar surface area (TPSA) is 112 Å². The van der Waals surface area contributed by atoms with Gasteiger partial charge in [0.1, 0.15) is 5.82 Å². The molecule has 2 aliphatic rings. The molecule has 31 heavy (non-hydrogen) atoms. The fourth-order valence-corrected chi connectivity index (χ4v) is 3.60. The lowest BCUT2D eigenvalue weighted by Gasteiger charge is -2.37. The first kappa shape index (κ1) is 19.2. The summed E-state index contributed by atoms with van der Waals surface area (Å²) in [5, 5.41) is 3.77. The molecule has 0 atom stereocenters. The highest BCUT2D eigenvalue weighted by Crippen LogP contribution is 2.20. The highest BCUT2D eigenvalue weighted by molar-refractivity contribution is 5.95. The van der Waals surface area contributed by atoms with Crippen molar-refractivity contribution in [3.8, 4) is 0 Å². The number of rotatable bonds is 3. The van der Waals surface area contributed by atoms with Crippen LogP contribution in [0.25, 0.3) is 16.5 Å². The van der Waals surface area contributed by atoms with Crippen molar-refractivity contribution in [3.05, 3.63) is 77.7 Å². The van der Waals surface area contributed by atoms with Crippen LogP contribution in [-0.4, -0.2) is 47.1 Å². The van der Waals surface area contributed by atoms with Gasteiger partial charge in [-0.25, -0.2) is 9.97 Å². The predicted molar refractivity (Wildman–Crippen MR) is 118 cm³/mol. The normalized spacial score (nSPS) is 16.8. The standard InChI is InChI=1S/C22H22N8O/c1-29-13-19(27-28-29)15-3-2-14-4-6-24-20(9-17(14)8-15)26-22(31)16-5-7-25-21(10-16)30-11-18(23)12-30/h2-10,13,18,27-28H,11-12,23H2,1H3. The number of pyridine rings is 1. The Kier molecular flexibility index (Phi) is 4.81. The van der Waals surface area contributed by atoms with Gasteiger partial charge in [-0.05, 0) is 41.1 Å². The van der Waals surface area contributed by atoms with Gasteiger partial charge in [-0.15, -0.1) is 5.53 Å². The van der Waals surface area contributed by atoms with Crippen LogP contribution in [0.3, 0.4) is 0 Å². The van der Waals surface area contributed by atoms with E-state index in [0.717, 1.165) is 40.9 Å². The van der Waals surface area contributed by atoms with Crippen LogP contribution in [0, 0.1) is 0 Å². The molecule has 0 aliphatic carbocycles. The maximum Gasteiger partial charge on any atom is 0.279 e. The first-order valence-electron chi connectivity index (χ1n) is 9.98. The maximum atomic E-state index is 12.8. The molecule has 0 unspecified atom stereocenters. The highest BCUT2D eigenvalue weighted by Gasteiger charge is 2.24. The minimum absolute atomic E-state index is 0.156. The number of nitrogens with two attached hydrogens (primary N) is 1. The summed E-state index contributed by atoms with van der Waals surface area (Å²) in [7, 11) is 1.91.